The molecule has 3 aromatic carbocycles. The van der Waals surface area contributed by atoms with E-state index in [1.54, 1.807) is 25.1 Å². The second kappa shape index (κ2) is 11.7. The first-order valence-electron chi connectivity index (χ1n) is 10.3. The van der Waals surface area contributed by atoms with E-state index in [1.807, 2.05) is 49.4 Å². The number of rotatable bonds is 10. The number of ether oxygens (including phenoxy) is 3. The summed E-state index contributed by atoms with van der Waals surface area (Å²) in [5.74, 6) is 0.827. The van der Waals surface area contributed by atoms with Crippen molar-refractivity contribution in [1.82, 2.24) is 0 Å². The number of carbonyl (C=O) groups excluding carboxylic acids is 1. The lowest BCUT2D eigenvalue weighted by Crippen LogP contribution is -2.06. The Balaban J connectivity index is 1.70. The molecule has 0 fully saturated rings. The summed E-state index contributed by atoms with van der Waals surface area (Å²) in [7, 11) is 0. The molecule has 0 aliphatic heterocycles. The molecule has 0 unspecified atom stereocenters. The zero-order valence-corrected chi connectivity index (χ0v) is 19.5. The van der Waals surface area contributed by atoms with Gasteiger partial charge in [-0.2, -0.15) is 0 Å². The van der Waals surface area contributed by atoms with Crippen molar-refractivity contribution in [1.29, 1.82) is 0 Å². The Bertz CT molecular complexity index is 1050. The number of carbonyl (C=O) groups is 1. The van der Waals surface area contributed by atoms with E-state index in [1.165, 1.54) is 0 Å². The maximum Gasteiger partial charge on any atom is 0.338 e. The van der Waals surface area contributed by atoms with Crippen LogP contribution in [0.25, 0.3) is 0 Å². The molecular weight excluding hydrogens is 449 g/mol. The normalized spacial score (nSPS) is 10.5. The number of halogens is 2. The first-order valence-corrected chi connectivity index (χ1v) is 11.1. The number of benzene rings is 3. The standard InChI is InChI=1S/C25H25Cl2NO4/c1-3-30-23-13-19(15-28-20-11-9-17(10-12-20)25(29)31-4-2)22(27)14-24(23)32-16-18-7-5-6-8-21(18)26/h5-14,28H,3-4,15-16H2,1-2H3. The minimum absolute atomic E-state index is 0.306. The third-order valence-electron chi connectivity index (χ3n) is 4.63. The van der Waals surface area contributed by atoms with Crippen molar-refractivity contribution in [3.8, 4) is 11.5 Å². The Morgan fingerprint density at radius 1 is 0.844 bits per heavy atom. The van der Waals surface area contributed by atoms with Gasteiger partial charge in [0.25, 0.3) is 0 Å². The average Bonchev–Trinajstić information content (AvgIpc) is 2.79. The molecule has 0 spiro atoms. The fraction of sp³-hybridized carbons (Fsp3) is 0.240. The highest BCUT2D eigenvalue weighted by atomic mass is 35.5. The van der Waals surface area contributed by atoms with Crippen LogP contribution in [0, 0.1) is 0 Å². The van der Waals surface area contributed by atoms with E-state index in [2.05, 4.69) is 5.32 Å². The lowest BCUT2D eigenvalue weighted by molar-refractivity contribution is 0.0526. The Kier molecular flexibility index (Phi) is 8.65. The SMILES string of the molecule is CCOC(=O)c1ccc(NCc2cc(OCC)c(OCc3ccccc3Cl)cc2Cl)cc1. The van der Waals surface area contributed by atoms with E-state index in [9.17, 15) is 4.79 Å². The molecule has 0 bridgehead atoms. The number of hydrogen-bond acceptors (Lipinski definition) is 5. The van der Waals surface area contributed by atoms with Crippen LogP contribution in [0.1, 0.15) is 35.3 Å². The third-order valence-corrected chi connectivity index (χ3v) is 5.35. The van der Waals surface area contributed by atoms with Crippen LogP contribution in [-0.2, 0) is 17.9 Å². The summed E-state index contributed by atoms with van der Waals surface area (Å²) in [5, 5.41) is 4.50. The minimum Gasteiger partial charge on any atom is -0.490 e. The average molecular weight is 474 g/mol. The van der Waals surface area contributed by atoms with Gasteiger partial charge in [0.1, 0.15) is 6.61 Å². The van der Waals surface area contributed by atoms with E-state index >= 15 is 0 Å². The van der Waals surface area contributed by atoms with Crippen LogP contribution in [0.2, 0.25) is 10.0 Å². The largest absolute Gasteiger partial charge is 0.490 e. The quantitative estimate of drug-likeness (QED) is 0.329. The van der Waals surface area contributed by atoms with Crippen molar-refractivity contribution >= 4 is 34.9 Å². The van der Waals surface area contributed by atoms with Gasteiger partial charge in [-0.3, -0.25) is 0 Å². The molecule has 32 heavy (non-hydrogen) atoms. The molecule has 0 atom stereocenters. The maximum atomic E-state index is 11.8. The number of anilines is 1. The molecule has 7 heteroatoms. The van der Waals surface area contributed by atoms with Gasteiger partial charge >= 0.3 is 5.97 Å². The van der Waals surface area contributed by atoms with E-state index in [0.29, 0.717) is 53.5 Å². The van der Waals surface area contributed by atoms with Gasteiger partial charge in [-0.05, 0) is 55.8 Å². The molecule has 3 aromatic rings. The van der Waals surface area contributed by atoms with Gasteiger partial charge in [-0.1, -0.05) is 41.4 Å². The number of nitrogens with one attached hydrogen (secondary N) is 1. The molecule has 0 heterocycles. The second-order valence-electron chi connectivity index (χ2n) is 6.85. The van der Waals surface area contributed by atoms with Crippen LogP contribution in [0.4, 0.5) is 5.69 Å². The topological polar surface area (TPSA) is 56.8 Å². The highest BCUT2D eigenvalue weighted by Gasteiger charge is 2.13. The first kappa shape index (κ1) is 23.8. The fourth-order valence-electron chi connectivity index (χ4n) is 3.00. The van der Waals surface area contributed by atoms with Gasteiger partial charge in [0.15, 0.2) is 11.5 Å². The van der Waals surface area contributed by atoms with Crippen molar-refractivity contribution < 1.29 is 19.0 Å². The smallest absolute Gasteiger partial charge is 0.338 e. The molecule has 0 aliphatic rings. The first-order chi connectivity index (χ1) is 15.5. The van der Waals surface area contributed by atoms with Crippen LogP contribution >= 0.6 is 23.2 Å². The molecule has 0 saturated heterocycles. The summed E-state index contributed by atoms with van der Waals surface area (Å²) in [6.07, 6.45) is 0. The summed E-state index contributed by atoms with van der Waals surface area (Å²) in [4.78, 5) is 11.8. The van der Waals surface area contributed by atoms with Crippen LogP contribution in [0.15, 0.2) is 60.7 Å². The van der Waals surface area contributed by atoms with E-state index in [4.69, 9.17) is 37.4 Å². The zero-order valence-electron chi connectivity index (χ0n) is 18.0. The molecule has 3 rings (SSSR count). The van der Waals surface area contributed by atoms with E-state index in [-0.39, 0.29) is 5.97 Å². The lowest BCUT2D eigenvalue weighted by atomic mass is 10.1. The maximum absolute atomic E-state index is 11.8. The van der Waals surface area contributed by atoms with Gasteiger partial charge in [-0.15, -0.1) is 0 Å². The molecule has 0 radical (unpaired) electrons. The second-order valence-corrected chi connectivity index (χ2v) is 7.67. The summed E-state index contributed by atoms with van der Waals surface area (Å²) < 4.78 is 16.7. The van der Waals surface area contributed by atoms with Crippen molar-refractivity contribution in [2.24, 2.45) is 0 Å². The summed E-state index contributed by atoms with van der Waals surface area (Å²) in [6.45, 7) is 5.31. The molecule has 168 valence electrons. The number of esters is 1. The Morgan fingerprint density at radius 2 is 1.56 bits per heavy atom. The van der Waals surface area contributed by atoms with Crippen molar-refractivity contribution in [2.75, 3.05) is 18.5 Å². The fourth-order valence-corrected chi connectivity index (χ4v) is 3.41. The molecule has 5 nitrogen and oxygen atoms in total. The van der Waals surface area contributed by atoms with Crippen LogP contribution in [0.5, 0.6) is 11.5 Å². The highest BCUT2D eigenvalue weighted by Crippen LogP contribution is 2.35. The summed E-state index contributed by atoms with van der Waals surface area (Å²) in [5.41, 5.74) is 3.10. The minimum atomic E-state index is -0.337. The Morgan fingerprint density at radius 3 is 2.25 bits per heavy atom. The van der Waals surface area contributed by atoms with Crippen molar-refractivity contribution in [2.45, 2.75) is 27.0 Å². The number of hydrogen-bond donors (Lipinski definition) is 1. The highest BCUT2D eigenvalue weighted by molar-refractivity contribution is 6.31. The van der Waals surface area contributed by atoms with E-state index in [0.717, 1.165) is 16.8 Å². The summed E-state index contributed by atoms with van der Waals surface area (Å²) in [6, 6.07) is 18.2. The predicted molar refractivity (Wildman–Crippen MR) is 128 cm³/mol. The molecule has 0 saturated carbocycles. The monoisotopic (exact) mass is 473 g/mol. The van der Waals surface area contributed by atoms with Gasteiger partial charge in [0.2, 0.25) is 0 Å². The van der Waals surface area contributed by atoms with Crippen molar-refractivity contribution in [3.05, 3.63) is 87.4 Å². The van der Waals surface area contributed by atoms with Crippen LogP contribution in [0.3, 0.4) is 0 Å². The van der Waals surface area contributed by atoms with Gasteiger partial charge in [0, 0.05) is 33.9 Å². The van der Waals surface area contributed by atoms with Crippen LogP contribution in [-0.4, -0.2) is 19.2 Å². The molecule has 0 aliphatic carbocycles. The molecular formula is C25H25Cl2NO4. The predicted octanol–water partition coefficient (Wildman–Crippen LogP) is 6.76. The summed E-state index contributed by atoms with van der Waals surface area (Å²) >= 11 is 12.7. The Labute approximate surface area is 198 Å². The van der Waals surface area contributed by atoms with E-state index < -0.39 is 0 Å². The lowest BCUT2D eigenvalue weighted by Gasteiger charge is -2.16. The molecule has 1 N–H and O–H groups in total. The van der Waals surface area contributed by atoms with Gasteiger partial charge < -0.3 is 19.5 Å². The zero-order chi connectivity index (χ0) is 22.9. The third kappa shape index (κ3) is 6.31. The van der Waals surface area contributed by atoms with Gasteiger partial charge in [0.05, 0.1) is 18.8 Å². The van der Waals surface area contributed by atoms with Gasteiger partial charge in [-0.25, -0.2) is 4.79 Å². The Hall–Kier alpha value is -2.89. The van der Waals surface area contributed by atoms with Crippen LogP contribution < -0.4 is 14.8 Å². The molecule has 0 aromatic heterocycles. The van der Waals surface area contributed by atoms with Crippen molar-refractivity contribution in [3.63, 3.8) is 0 Å². The molecule has 0 amide bonds.